The summed E-state index contributed by atoms with van der Waals surface area (Å²) in [6, 6.07) is 1.85. The fourth-order valence-corrected chi connectivity index (χ4v) is 2.74. The van der Waals surface area contributed by atoms with E-state index in [0.29, 0.717) is 11.3 Å². The SMILES string of the molecule is O=C(NN1CCCCC1)c1sccc1C#CCCO. The zero-order chi connectivity index (χ0) is 13.5. The van der Waals surface area contributed by atoms with Gasteiger partial charge in [0.25, 0.3) is 5.91 Å². The molecule has 1 aromatic rings. The number of aliphatic hydroxyl groups is 1. The molecule has 1 saturated heterocycles. The van der Waals surface area contributed by atoms with Gasteiger partial charge in [-0.1, -0.05) is 18.3 Å². The van der Waals surface area contributed by atoms with Crippen molar-refractivity contribution >= 4 is 17.2 Å². The molecule has 0 unspecified atom stereocenters. The first-order chi connectivity index (χ1) is 9.31. The number of carbonyl (C=O) groups is 1. The van der Waals surface area contributed by atoms with Crippen LogP contribution in [0.25, 0.3) is 0 Å². The molecular formula is C14H18N2O2S. The number of piperidine rings is 1. The van der Waals surface area contributed by atoms with E-state index in [1.54, 1.807) is 0 Å². The molecular weight excluding hydrogens is 260 g/mol. The number of nitrogens with one attached hydrogen (secondary N) is 1. The van der Waals surface area contributed by atoms with Crippen LogP contribution in [0.4, 0.5) is 0 Å². The van der Waals surface area contributed by atoms with E-state index in [1.165, 1.54) is 17.8 Å². The van der Waals surface area contributed by atoms with Crippen molar-refractivity contribution in [1.82, 2.24) is 10.4 Å². The molecule has 1 amide bonds. The molecule has 0 bridgehead atoms. The van der Waals surface area contributed by atoms with Crippen molar-refractivity contribution < 1.29 is 9.90 Å². The molecule has 1 aromatic heterocycles. The van der Waals surface area contributed by atoms with Gasteiger partial charge in [0.15, 0.2) is 0 Å². The Kier molecular flexibility index (Phi) is 5.40. The number of rotatable bonds is 3. The highest BCUT2D eigenvalue weighted by Gasteiger charge is 2.16. The minimum absolute atomic E-state index is 0.0481. The largest absolute Gasteiger partial charge is 0.395 e. The topological polar surface area (TPSA) is 52.6 Å². The third-order valence-corrected chi connectivity index (χ3v) is 3.86. The van der Waals surface area contributed by atoms with Gasteiger partial charge in [-0.25, -0.2) is 5.01 Å². The third-order valence-electron chi connectivity index (χ3n) is 2.95. The van der Waals surface area contributed by atoms with E-state index in [4.69, 9.17) is 5.11 Å². The smallest absolute Gasteiger partial charge is 0.276 e. The van der Waals surface area contributed by atoms with Crippen LogP contribution in [0.2, 0.25) is 0 Å². The minimum Gasteiger partial charge on any atom is -0.395 e. The first-order valence-corrected chi connectivity index (χ1v) is 7.42. The maximum absolute atomic E-state index is 12.2. The highest BCUT2D eigenvalue weighted by molar-refractivity contribution is 7.12. The van der Waals surface area contributed by atoms with E-state index in [9.17, 15) is 4.79 Å². The molecule has 2 N–H and O–H groups in total. The van der Waals surface area contributed by atoms with Gasteiger partial charge in [-0.3, -0.25) is 10.2 Å². The Morgan fingerprint density at radius 1 is 1.42 bits per heavy atom. The average Bonchev–Trinajstić information content (AvgIpc) is 2.89. The number of aliphatic hydroxyl groups excluding tert-OH is 1. The van der Waals surface area contributed by atoms with Crippen LogP contribution < -0.4 is 5.43 Å². The van der Waals surface area contributed by atoms with Crippen LogP contribution in [-0.4, -0.2) is 35.7 Å². The molecule has 1 aliphatic rings. The fraction of sp³-hybridized carbons (Fsp3) is 0.500. The van der Waals surface area contributed by atoms with Crippen molar-refractivity contribution in [2.45, 2.75) is 25.7 Å². The number of nitrogens with zero attached hydrogens (tertiary/aromatic N) is 1. The molecule has 19 heavy (non-hydrogen) atoms. The van der Waals surface area contributed by atoms with Crippen molar-refractivity contribution in [3.8, 4) is 11.8 Å². The monoisotopic (exact) mass is 278 g/mol. The van der Waals surface area contributed by atoms with Crippen molar-refractivity contribution in [2.75, 3.05) is 19.7 Å². The Hall–Kier alpha value is -1.35. The van der Waals surface area contributed by atoms with Gasteiger partial charge in [0.2, 0.25) is 0 Å². The first-order valence-electron chi connectivity index (χ1n) is 6.54. The molecule has 0 aliphatic carbocycles. The first kappa shape index (κ1) is 14.1. The summed E-state index contributed by atoms with van der Waals surface area (Å²) in [5.41, 5.74) is 3.68. The van der Waals surface area contributed by atoms with Gasteiger partial charge in [-0.05, 0) is 24.3 Å². The molecule has 1 aliphatic heterocycles. The van der Waals surface area contributed by atoms with Gasteiger partial charge in [0, 0.05) is 25.1 Å². The summed E-state index contributed by atoms with van der Waals surface area (Å²) in [4.78, 5) is 12.8. The Balaban J connectivity index is 1.99. The van der Waals surface area contributed by atoms with E-state index in [-0.39, 0.29) is 12.5 Å². The number of carbonyl (C=O) groups excluding carboxylic acids is 1. The molecule has 0 saturated carbocycles. The highest BCUT2D eigenvalue weighted by atomic mass is 32.1. The normalized spacial score (nSPS) is 15.6. The lowest BCUT2D eigenvalue weighted by Gasteiger charge is -2.26. The zero-order valence-electron chi connectivity index (χ0n) is 10.8. The Morgan fingerprint density at radius 2 is 2.21 bits per heavy atom. The second kappa shape index (κ2) is 7.29. The summed E-state index contributed by atoms with van der Waals surface area (Å²) in [5, 5.41) is 12.6. The summed E-state index contributed by atoms with van der Waals surface area (Å²) in [6.45, 7) is 1.89. The Labute approximate surface area is 117 Å². The maximum atomic E-state index is 12.2. The average molecular weight is 278 g/mol. The number of hydrazine groups is 1. The van der Waals surface area contributed by atoms with Crippen LogP contribution >= 0.6 is 11.3 Å². The molecule has 2 rings (SSSR count). The lowest BCUT2D eigenvalue weighted by molar-refractivity contribution is 0.0754. The van der Waals surface area contributed by atoms with E-state index >= 15 is 0 Å². The molecule has 2 heterocycles. The summed E-state index contributed by atoms with van der Waals surface area (Å²) >= 11 is 1.40. The number of hydrogen-bond acceptors (Lipinski definition) is 4. The van der Waals surface area contributed by atoms with Crippen LogP contribution in [-0.2, 0) is 0 Å². The molecule has 0 spiro atoms. The quantitative estimate of drug-likeness (QED) is 0.826. The molecule has 102 valence electrons. The summed E-state index contributed by atoms with van der Waals surface area (Å²) in [7, 11) is 0. The Morgan fingerprint density at radius 3 is 2.95 bits per heavy atom. The number of amides is 1. The van der Waals surface area contributed by atoms with Crippen LogP contribution in [0, 0.1) is 11.8 Å². The van der Waals surface area contributed by atoms with Gasteiger partial charge < -0.3 is 5.11 Å². The van der Waals surface area contributed by atoms with E-state index < -0.39 is 0 Å². The molecule has 1 fully saturated rings. The maximum Gasteiger partial charge on any atom is 0.276 e. The predicted octanol–water partition coefficient (Wildman–Crippen LogP) is 1.61. The molecule has 0 atom stereocenters. The molecule has 0 radical (unpaired) electrons. The predicted molar refractivity (Wildman–Crippen MR) is 75.8 cm³/mol. The van der Waals surface area contributed by atoms with Crippen LogP contribution in [0.5, 0.6) is 0 Å². The second-order valence-electron chi connectivity index (χ2n) is 4.43. The number of hydrogen-bond donors (Lipinski definition) is 2. The minimum atomic E-state index is -0.0785. The fourth-order valence-electron chi connectivity index (χ4n) is 2.00. The van der Waals surface area contributed by atoms with Crippen molar-refractivity contribution in [2.24, 2.45) is 0 Å². The van der Waals surface area contributed by atoms with Crippen LogP contribution in [0.15, 0.2) is 11.4 Å². The zero-order valence-corrected chi connectivity index (χ0v) is 11.6. The molecule has 5 heteroatoms. The van der Waals surface area contributed by atoms with Crippen molar-refractivity contribution in [1.29, 1.82) is 0 Å². The highest BCUT2D eigenvalue weighted by Crippen LogP contribution is 2.16. The summed E-state index contributed by atoms with van der Waals surface area (Å²) in [6.07, 6.45) is 3.94. The van der Waals surface area contributed by atoms with Gasteiger partial charge >= 0.3 is 0 Å². The van der Waals surface area contributed by atoms with Gasteiger partial charge in [-0.2, -0.15) is 0 Å². The van der Waals surface area contributed by atoms with Crippen molar-refractivity contribution in [3.05, 3.63) is 21.9 Å². The lowest BCUT2D eigenvalue weighted by Crippen LogP contribution is -2.44. The molecule has 0 aromatic carbocycles. The van der Waals surface area contributed by atoms with E-state index in [2.05, 4.69) is 17.3 Å². The van der Waals surface area contributed by atoms with Gasteiger partial charge in [0.05, 0.1) is 6.61 Å². The van der Waals surface area contributed by atoms with E-state index in [1.807, 2.05) is 16.5 Å². The second-order valence-corrected chi connectivity index (χ2v) is 5.34. The standard InChI is InChI=1S/C14H18N2O2S/c17-10-5-2-6-12-7-11-19-13(12)14(18)15-16-8-3-1-4-9-16/h7,11,17H,1,3-5,8-10H2,(H,15,18). The third kappa shape index (κ3) is 4.06. The summed E-state index contributed by atoms with van der Waals surface area (Å²) < 4.78 is 0. The van der Waals surface area contributed by atoms with E-state index in [0.717, 1.165) is 31.5 Å². The van der Waals surface area contributed by atoms with Crippen molar-refractivity contribution in [3.63, 3.8) is 0 Å². The van der Waals surface area contributed by atoms with Crippen LogP contribution in [0.3, 0.4) is 0 Å². The Bertz CT molecular complexity index is 481. The van der Waals surface area contributed by atoms with Crippen LogP contribution in [0.1, 0.15) is 40.9 Å². The molecule has 4 nitrogen and oxygen atoms in total. The van der Waals surface area contributed by atoms with Gasteiger partial charge in [-0.15, -0.1) is 11.3 Å². The number of thiophene rings is 1. The lowest BCUT2D eigenvalue weighted by atomic mass is 10.2. The van der Waals surface area contributed by atoms with Gasteiger partial charge in [0.1, 0.15) is 4.88 Å². The summed E-state index contributed by atoms with van der Waals surface area (Å²) in [5.74, 6) is 5.70.